The molecule has 2 heterocycles. The predicted molar refractivity (Wildman–Crippen MR) is 143 cm³/mol. The number of anilines is 1. The number of benzene rings is 1. The fraction of sp³-hybridized carbons (Fsp3) is 0.346. The highest BCUT2D eigenvalue weighted by Gasteiger charge is 2.38. The molecule has 0 saturated heterocycles. The normalized spacial score (nSPS) is 14.6. The summed E-state index contributed by atoms with van der Waals surface area (Å²) in [6.45, 7) is 3.74. The van der Waals surface area contributed by atoms with Gasteiger partial charge in [-0.1, -0.05) is 37.2 Å². The summed E-state index contributed by atoms with van der Waals surface area (Å²) in [6.07, 6.45) is 4.67. The summed E-state index contributed by atoms with van der Waals surface area (Å²) in [5.74, 6) is -2.71. The molecule has 14 heteroatoms. The second kappa shape index (κ2) is 12.3. The maximum Gasteiger partial charge on any atom is 0.255 e. The van der Waals surface area contributed by atoms with Gasteiger partial charge in [0.15, 0.2) is 17.5 Å². The van der Waals surface area contributed by atoms with Gasteiger partial charge in [0.1, 0.15) is 29.5 Å². The molecule has 3 aromatic rings. The van der Waals surface area contributed by atoms with Crippen molar-refractivity contribution in [2.45, 2.75) is 50.9 Å². The maximum absolute atomic E-state index is 14.7. The van der Waals surface area contributed by atoms with Crippen molar-refractivity contribution >= 4 is 33.2 Å². The van der Waals surface area contributed by atoms with Crippen molar-refractivity contribution in [2.24, 2.45) is 5.92 Å². The molecule has 1 aliphatic carbocycles. The summed E-state index contributed by atoms with van der Waals surface area (Å²) in [5, 5.41) is 17.5. The van der Waals surface area contributed by atoms with Crippen LogP contribution in [0.15, 0.2) is 53.4 Å². The van der Waals surface area contributed by atoms with E-state index in [1.54, 1.807) is 18.2 Å². The highest BCUT2D eigenvalue weighted by Crippen LogP contribution is 2.27. The van der Waals surface area contributed by atoms with E-state index in [1.807, 2.05) is 13.8 Å². The van der Waals surface area contributed by atoms with Crippen molar-refractivity contribution in [1.82, 2.24) is 25.2 Å². The van der Waals surface area contributed by atoms with E-state index in [0.29, 0.717) is 29.8 Å². The van der Waals surface area contributed by atoms with Crippen LogP contribution in [0.2, 0.25) is 0 Å². The quantitative estimate of drug-likeness (QED) is 0.225. The van der Waals surface area contributed by atoms with Crippen LogP contribution in [0.1, 0.15) is 50.2 Å². The van der Waals surface area contributed by atoms with E-state index < -0.39 is 38.9 Å². The number of carbonyl (C=O) groups is 1. The Morgan fingerprint density at radius 2 is 1.95 bits per heavy atom. The molecule has 1 saturated carbocycles. The Balaban J connectivity index is 1.55. The molecule has 1 aromatic carbocycles. The molecule has 1 atom stereocenters. The molecular formula is C26H29F2N7O4S. The van der Waals surface area contributed by atoms with Gasteiger partial charge in [-0.05, 0) is 37.3 Å². The highest BCUT2D eigenvalue weighted by molar-refractivity contribution is 7.90. The first kappa shape index (κ1) is 28.8. The Morgan fingerprint density at radius 1 is 1.20 bits per heavy atom. The molecule has 0 radical (unpaired) electrons. The molecule has 4 rings (SSSR count). The van der Waals surface area contributed by atoms with Crippen molar-refractivity contribution in [3.8, 4) is 0 Å². The van der Waals surface area contributed by atoms with Crippen LogP contribution in [0.25, 0.3) is 5.70 Å². The van der Waals surface area contributed by atoms with Gasteiger partial charge in [0.25, 0.3) is 5.91 Å². The van der Waals surface area contributed by atoms with E-state index in [-0.39, 0.29) is 36.2 Å². The minimum atomic E-state index is -3.81. The smallest absolute Gasteiger partial charge is 0.255 e. The molecular weight excluding hydrogens is 544 g/mol. The standard InChI is InChI=1S/C26H29F2N7O4S/c1-15(2)11-23(26(36)35-40(37,38)17-7-8-17)32-24-19(28)14-31-25(33-24)20(29)12-22(21-9-10-39-34-21)30-13-16-5-3-4-6-18(16)27/h3-6,9-10,12,14-15,17,23,29-30H,7-8,11,13H2,1-2H3,(H,35,36)(H,31,32,33)/b22-12-,29-20?/t23-/m1/s1. The monoisotopic (exact) mass is 573 g/mol. The fourth-order valence-corrected chi connectivity index (χ4v) is 5.09. The van der Waals surface area contributed by atoms with Crippen LogP contribution in [0.5, 0.6) is 0 Å². The van der Waals surface area contributed by atoms with Crippen LogP contribution < -0.4 is 15.4 Å². The molecule has 212 valence electrons. The number of nitrogens with one attached hydrogen (secondary N) is 4. The number of aromatic nitrogens is 3. The Kier molecular flexibility index (Phi) is 8.87. The van der Waals surface area contributed by atoms with Gasteiger partial charge in [0.2, 0.25) is 10.0 Å². The molecule has 0 aliphatic heterocycles. The van der Waals surface area contributed by atoms with Gasteiger partial charge in [-0.15, -0.1) is 0 Å². The second-order valence-corrected chi connectivity index (χ2v) is 11.7. The van der Waals surface area contributed by atoms with Gasteiger partial charge in [0.05, 0.1) is 17.1 Å². The number of carbonyl (C=O) groups excluding carboxylic acids is 1. The SMILES string of the molecule is CC(C)C[C@@H](Nc1nc(C(=N)/C=C(\NCc2ccccc2F)c2ccon2)ncc1F)C(=O)NS(=O)(=O)C1CC1. The number of hydrogen-bond acceptors (Lipinski definition) is 10. The lowest BCUT2D eigenvalue weighted by Gasteiger charge is -2.21. The Hall–Kier alpha value is -4.20. The molecule has 40 heavy (non-hydrogen) atoms. The summed E-state index contributed by atoms with van der Waals surface area (Å²) in [4.78, 5) is 20.8. The molecule has 1 fully saturated rings. The number of nitrogens with zero attached hydrogens (tertiary/aromatic N) is 3. The fourth-order valence-electron chi connectivity index (χ4n) is 3.75. The lowest BCUT2D eigenvalue weighted by molar-refractivity contribution is -0.120. The van der Waals surface area contributed by atoms with Crippen LogP contribution >= 0.6 is 0 Å². The third-order valence-corrected chi connectivity index (χ3v) is 7.79. The zero-order valence-corrected chi connectivity index (χ0v) is 22.6. The van der Waals surface area contributed by atoms with Crippen LogP contribution in [-0.2, 0) is 21.4 Å². The molecule has 0 bridgehead atoms. The Morgan fingerprint density at radius 3 is 2.60 bits per heavy atom. The first-order valence-corrected chi connectivity index (χ1v) is 14.1. The molecule has 1 aliphatic rings. The van der Waals surface area contributed by atoms with Crippen molar-refractivity contribution in [3.05, 3.63) is 77.6 Å². The summed E-state index contributed by atoms with van der Waals surface area (Å²) in [5.41, 5.74) is 0.758. The summed E-state index contributed by atoms with van der Waals surface area (Å²) >= 11 is 0. The Labute approximate surface area is 230 Å². The van der Waals surface area contributed by atoms with Gasteiger partial charge in [-0.3, -0.25) is 14.9 Å². The van der Waals surface area contributed by atoms with Crippen LogP contribution in [0.3, 0.4) is 0 Å². The largest absolute Gasteiger partial charge is 0.379 e. The molecule has 4 N–H and O–H groups in total. The highest BCUT2D eigenvalue weighted by atomic mass is 32.2. The molecule has 2 aromatic heterocycles. The van der Waals surface area contributed by atoms with Gasteiger partial charge < -0.3 is 15.2 Å². The Bertz CT molecular complexity index is 1510. The van der Waals surface area contributed by atoms with Crippen molar-refractivity contribution in [1.29, 1.82) is 5.41 Å². The van der Waals surface area contributed by atoms with Gasteiger partial charge in [-0.25, -0.2) is 27.2 Å². The van der Waals surface area contributed by atoms with Gasteiger partial charge in [-0.2, -0.15) is 0 Å². The number of sulfonamides is 1. The third-order valence-electron chi connectivity index (χ3n) is 5.96. The number of amides is 1. The molecule has 0 spiro atoms. The van der Waals surface area contributed by atoms with Gasteiger partial charge >= 0.3 is 0 Å². The zero-order chi connectivity index (χ0) is 28.9. The van der Waals surface area contributed by atoms with E-state index in [1.165, 1.54) is 24.5 Å². The number of halogens is 2. The van der Waals surface area contributed by atoms with Crippen LogP contribution in [0.4, 0.5) is 14.6 Å². The average Bonchev–Trinajstić information content (AvgIpc) is 3.63. The minimum absolute atomic E-state index is 0.0389. The van der Waals surface area contributed by atoms with Crippen molar-refractivity contribution in [2.75, 3.05) is 5.32 Å². The third kappa shape index (κ3) is 7.46. The summed E-state index contributed by atoms with van der Waals surface area (Å²) in [7, 11) is -3.81. The predicted octanol–water partition coefficient (Wildman–Crippen LogP) is 3.38. The van der Waals surface area contributed by atoms with E-state index >= 15 is 0 Å². The average molecular weight is 574 g/mol. The maximum atomic E-state index is 14.7. The number of hydrogen-bond donors (Lipinski definition) is 4. The first-order chi connectivity index (χ1) is 19.0. The van der Waals surface area contributed by atoms with Crippen molar-refractivity contribution < 1.29 is 26.5 Å². The molecule has 0 unspecified atom stereocenters. The minimum Gasteiger partial charge on any atom is -0.379 e. The van der Waals surface area contributed by atoms with E-state index in [9.17, 15) is 22.0 Å². The van der Waals surface area contributed by atoms with E-state index in [4.69, 9.17) is 9.93 Å². The topological polar surface area (TPSA) is 163 Å². The van der Waals surface area contributed by atoms with Crippen LogP contribution in [0, 0.1) is 23.0 Å². The lowest BCUT2D eigenvalue weighted by Crippen LogP contribution is -2.44. The first-order valence-electron chi connectivity index (χ1n) is 12.6. The number of rotatable bonds is 13. The van der Waals surface area contributed by atoms with Gasteiger partial charge in [0, 0.05) is 18.2 Å². The van der Waals surface area contributed by atoms with Crippen molar-refractivity contribution in [3.63, 3.8) is 0 Å². The number of allylic oxidation sites excluding steroid dienone is 1. The van der Waals surface area contributed by atoms with E-state index in [0.717, 1.165) is 6.20 Å². The summed E-state index contributed by atoms with van der Waals surface area (Å²) < 4.78 is 60.4. The van der Waals surface area contributed by atoms with Crippen LogP contribution in [-0.4, -0.2) is 46.5 Å². The second-order valence-electron chi connectivity index (χ2n) is 9.73. The summed E-state index contributed by atoms with van der Waals surface area (Å²) in [6, 6.07) is 6.63. The molecule has 1 amide bonds. The lowest BCUT2D eigenvalue weighted by atomic mass is 10.0. The zero-order valence-electron chi connectivity index (χ0n) is 21.8. The van der Waals surface area contributed by atoms with E-state index in [2.05, 4.69) is 30.5 Å². The molecule has 11 nitrogen and oxygen atoms in total.